The van der Waals surface area contributed by atoms with E-state index in [2.05, 4.69) is 30.5 Å². The Bertz CT molecular complexity index is 545. The molecule has 2 aromatic rings. The van der Waals surface area contributed by atoms with Crippen LogP contribution in [0.25, 0.3) is 0 Å². The van der Waals surface area contributed by atoms with E-state index in [1.54, 1.807) is 18.9 Å². The third-order valence-electron chi connectivity index (χ3n) is 3.12. The molecule has 2 aromatic carbocycles. The van der Waals surface area contributed by atoms with Gasteiger partial charge in [-0.3, -0.25) is 11.3 Å². The second-order valence-electron chi connectivity index (χ2n) is 4.59. The van der Waals surface area contributed by atoms with E-state index in [4.69, 9.17) is 10.6 Å². The maximum absolute atomic E-state index is 5.72. The number of hydrogen-bond acceptors (Lipinski definition) is 4. The monoisotopic (exact) mass is 288 g/mol. The molecule has 0 aliphatic heterocycles. The third-order valence-corrected chi connectivity index (χ3v) is 4.23. The topological polar surface area (TPSA) is 47.3 Å². The lowest BCUT2D eigenvalue weighted by atomic mass is 10.0. The maximum Gasteiger partial charge on any atom is 0.123 e. The molecule has 0 heterocycles. The van der Waals surface area contributed by atoms with Gasteiger partial charge in [0.25, 0.3) is 0 Å². The summed E-state index contributed by atoms with van der Waals surface area (Å²) < 4.78 is 5.43. The molecule has 1 atom stereocenters. The van der Waals surface area contributed by atoms with Crippen molar-refractivity contribution in [1.82, 2.24) is 5.43 Å². The first-order chi connectivity index (χ1) is 9.74. The first-order valence-electron chi connectivity index (χ1n) is 6.53. The normalized spacial score (nSPS) is 12.2. The largest absolute Gasteiger partial charge is 0.496 e. The fraction of sp³-hybridized carbons (Fsp3) is 0.250. The van der Waals surface area contributed by atoms with Crippen LogP contribution in [-0.4, -0.2) is 12.9 Å². The van der Waals surface area contributed by atoms with Crippen LogP contribution in [0.15, 0.2) is 53.4 Å². The lowest BCUT2D eigenvalue weighted by Gasteiger charge is -2.19. The molecular weight excluding hydrogens is 268 g/mol. The minimum atomic E-state index is 0.0510. The Hall–Kier alpha value is -1.49. The maximum atomic E-state index is 5.72. The number of nitrogens with one attached hydrogen (secondary N) is 1. The molecule has 0 aliphatic carbocycles. The first kappa shape index (κ1) is 14.9. The Labute approximate surface area is 124 Å². The summed E-state index contributed by atoms with van der Waals surface area (Å²) in [5.74, 6) is 7.44. The summed E-state index contributed by atoms with van der Waals surface area (Å²) >= 11 is 1.77. The Kier molecular flexibility index (Phi) is 5.47. The Morgan fingerprint density at radius 2 is 1.95 bits per heavy atom. The summed E-state index contributed by atoms with van der Waals surface area (Å²) in [5.41, 5.74) is 5.19. The minimum absolute atomic E-state index is 0.0510. The molecule has 2 rings (SSSR count). The number of nitrogens with two attached hydrogens (primary N) is 1. The molecule has 0 aliphatic rings. The quantitative estimate of drug-likeness (QED) is 0.486. The molecule has 3 nitrogen and oxygen atoms in total. The van der Waals surface area contributed by atoms with Gasteiger partial charge in [0.2, 0.25) is 0 Å². The number of hydrazine groups is 1. The molecule has 0 amide bonds. The summed E-state index contributed by atoms with van der Waals surface area (Å²) in [6, 6.07) is 16.5. The third kappa shape index (κ3) is 3.76. The first-order valence-corrected chi connectivity index (χ1v) is 7.51. The van der Waals surface area contributed by atoms with Gasteiger partial charge in [-0.1, -0.05) is 35.9 Å². The van der Waals surface area contributed by atoms with E-state index in [9.17, 15) is 0 Å². The smallest absolute Gasteiger partial charge is 0.123 e. The molecule has 0 radical (unpaired) electrons. The zero-order valence-electron chi connectivity index (χ0n) is 11.8. The van der Waals surface area contributed by atoms with Crippen molar-refractivity contribution in [3.8, 4) is 5.75 Å². The van der Waals surface area contributed by atoms with Crippen molar-refractivity contribution in [3.63, 3.8) is 0 Å². The summed E-state index contributed by atoms with van der Waals surface area (Å²) in [6.07, 6.45) is 0. The Morgan fingerprint density at radius 1 is 1.20 bits per heavy atom. The second kappa shape index (κ2) is 7.33. The van der Waals surface area contributed by atoms with Crippen LogP contribution in [0.1, 0.15) is 17.2 Å². The number of methoxy groups -OCH3 is 1. The molecule has 3 N–H and O–H groups in total. The number of benzene rings is 2. The predicted octanol–water partition coefficient (Wildman–Crippen LogP) is 3.30. The molecule has 0 bridgehead atoms. The van der Waals surface area contributed by atoms with E-state index in [-0.39, 0.29) is 6.04 Å². The molecular formula is C16H20N2OS. The van der Waals surface area contributed by atoms with E-state index in [1.807, 2.05) is 30.3 Å². The molecule has 1 unspecified atom stereocenters. The van der Waals surface area contributed by atoms with Crippen molar-refractivity contribution in [3.05, 3.63) is 59.7 Å². The fourth-order valence-electron chi connectivity index (χ4n) is 2.05. The lowest BCUT2D eigenvalue weighted by molar-refractivity contribution is 0.402. The van der Waals surface area contributed by atoms with Crippen LogP contribution in [0.4, 0.5) is 0 Å². The zero-order chi connectivity index (χ0) is 14.4. The fourth-order valence-corrected chi connectivity index (χ4v) is 3.03. The Morgan fingerprint density at radius 3 is 2.60 bits per heavy atom. The molecule has 0 saturated heterocycles. The van der Waals surface area contributed by atoms with Crippen LogP contribution < -0.4 is 16.0 Å². The Balaban J connectivity index is 2.14. The van der Waals surface area contributed by atoms with Gasteiger partial charge in [0, 0.05) is 16.2 Å². The van der Waals surface area contributed by atoms with E-state index < -0.39 is 0 Å². The van der Waals surface area contributed by atoms with Crippen LogP contribution in [0.5, 0.6) is 5.75 Å². The SMILES string of the molecule is COc1ccc(C)cc1C(CSc1ccccc1)NN. The van der Waals surface area contributed by atoms with Crippen molar-refractivity contribution in [2.45, 2.75) is 17.9 Å². The van der Waals surface area contributed by atoms with Crippen molar-refractivity contribution in [1.29, 1.82) is 0 Å². The highest BCUT2D eigenvalue weighted by Crippen LogP contribution is 2.30. The molecule has 20 heavy (non-hydrogen) atoms. The van der Waals surface area contributed by atoms with Crippen LogP contribution in [0, 0.1) is 6.92 Å². The molecule has 106 valence electrons. The predicted molar refractivity (Wildman–Crippen MR) is 85.0 cm³/mol. The lowest BCUT2D eigenvalue weighted by Crippen LogP contribution is -2.30. The molecule has 0 aromatic heterocycles. The number of hydrogen-bond donors (Lipinski definition) is 2. The van der Waals surface area contributed by atoms with E-state index in [0.29, 0.717) is 0 Å². The van der Waals surface area contributed by atoms with Crippen LogP contribution in [0.3, 0.4) is 0 Å². The van der Waals surface area contributed by atoms with Gasteiger partial charge in [0.05, 0.1) is 13.2 Å². The average molecular weight is 288 g/mol. The summed E-state index contributed by atoms with van der Waals surface area (Å²) in [4.78, 5) is 1.24. The molecule has 0 spiro atoms. The summed E-state index contributed by atoms with van der Waals surface area (Å²) in [6.45, 7) is 2.07. The number of ether oxygens (including phenoxy) is 1. The second-order valence-corrected chi connectivity index (χ2v) is 5.68. The van der Waals surface area contributed by atoms with E-state index in [1.165, 1.54) is 10.5 Å². The van der Waals surface area contributed by atoms with Gasteiger partial charge in [-0.05, 0) is 25.1 Å². The van der Waals surface area contributed by atoms with Gasteiger partial charge in [-0.2, -0.15) is 0 Å². The van der Waals surface area contributed by atoms with Gasteiger partial charge in [0.15, 0.2) is 0 Å². The standard InChI is InChI=1S/C16H20N2OS/c1-12-8-9-16(19-2)14(10-12)15(18-17)11-20-13-6-4-3-5-7-13/h3-10,15,18H,11,17H2,1-2H3. The van der Waals surface area contributed by atoms with Crippen molar-refractivity contribution >= 4 is 11.8 Å². The summed E-state index contributed by atoms with van der Waals surface area (Å²) in [7, 11) is 1.69. The minimum Gasteiger partial charge on any atom is -0.496 e. The van der Waals surface area contributed by atoms with E-state index >= 15 is 0 Å². The van der Waals surface area contributed by atoms with E-state index in [0.717, 1.165) is 17.1 Å². The van der Waals surface area contributed by atoms with Gasteiger partial charge in [-0.25, -0.2) is 0 Å². The highest BCUT2D eigenvalue weighted by molar-refractivity contribution is 7.99. The van der Waals surface area contributed by atoms with Gasteiger partial charge in [-0.15, -0.1) is 11.8 Å². The highest BCUT2D eigenvalue weighted by Gasteiger charge is 2.15. The van der Waals surface area contributed by atoms with Gasteiger partial charge in [0.1, 0.15) is 5.75 Å². The van der Waals surface area contributed by atoms with Crippen LogP contribution in [0.2, 0.25) is 0 Å². The summed E-state index contributed by atoms with van der Waals surface area (Å²) in [5, 5.41) is 0. The van der Waals surface area contributed by atoms with Crippen molar-refractivity contribution in [2.24, 2.45) is 5.84 Å². The number of rotatable bonds is 6. The molecule has 0 saturated carbocycles. The van der Waals surface area contributed by atoms with Crippen molar-refractivity contribution in [2.75, 3.05) is 12.9 Å². The number of thioether (sulfide) groups is 1. The molecule has 0 fully saturated rings. The highest BCUT2D eigenvalue weighted by atomic mass is 32.2. The average Bonchev–Trinajstić information content (AvgIpc) is 2.49. The van der Waals surface area contributed by atoms with Gasteiger partial charge >= 0.3 is 0 Å². The molecule has 4 heteroatoms. The van der Waals surface area contributed by atoms with Gasteiger partial charge < -0.3 is 4.74 Å². The van der Waals surface area contributed by atoms with Crippen molar-refractivity contribution < 1.29 is 4.74 Å². The zero-order valence-corrected chi connectivity index (χ0v) is 12.6. The van der Waals surface area contributed by atoms with Crippen LogP contribution in [-0.2, 0) is 0 Å². The number of aryl methyl sites for hydroxylation is 1. The van der Waals surface area contributed by atoms with Crippen LogP contribution >= 0.6 is 11.8 Å².